The first-order chi connectivity index (χ1) is 9.15. The molecule has 0 aliphatic carbocycles. The highest BCUT2D eigenvalue weighted by atomic mass is 16.4. The number of carboxylic acid groups (broad SMARTS) is 1. The number of carboxylic acids is 1. The molecule has 0 unspecified atom stereocenters. The molecule has 98 valence electrons. The molecule has 0 saturated carbocycles. The second-order valence-corrected chi connectivity index (χ2v) is 4.24. The molecule has 5 nitrogen and oxygen atoms in total. The Balaban J connectivity index is 1.92. The van der Waals surface area contributed by atoms with Crippen molar-refractivity contribution >= 4 is 11.9 Å². The van der Waals surface area contributed by atoms with Gasteiger partial charge in [-0.25, -0.2) is 14.8 Å². The number of anilines is 1. The average molecular weight is 257 g/mol. The maximum absolute atomic E-state index is 10.8. The topological polar surface area (TPSA) is 75.1 Å². The predicted octanol–water partition coefficient (Wildman–Crippen LogP) is 2.14. The van der Waals surface area contributed by atoms with Crippen LogP contribution in [0.3, 0.4) is 0 Å². The number of hydrogen-bond acceptors (Lipinski definition) is 4. The van der Waals surface area contributed by atoms with Gasteiger partial charge in [0.2, 0.25) is 5.95 Å². The van der Waals surface area contributed by atoms with Crippen LogP contribution >= 0.6 is 0 Å². The van der Waals surface area contributed by atoms with Crippen LogP contribution in [0.5, 0.6) is 0 Å². The van der Waals surface area contributed by atoms with Gasteiger partial charge in [0.1, 0.15) is 0 Å². The molecule has 2 N–H and O–H groups in total. The Morgan fingerprint density at radius 1 is 1.37 bits per heavy atom. The van der Waals surface area contributed by atoms with Crippen molar-refractivity contribution < 1.29 is 9.90 Å². The molecule has 0 amide bonds. The number of hydrogen-bond donors (Lipinski definition) is 2. The number of nitrogens with zero attached hydrogens (tertiary/aromatic N) is 2. The minimum Gasteiger partial charge on any atom is -0.477 e. The van der Waals surface area contributed by atoms with Crippen molar-refractivity contribution in [3.05, 3.63) is 53.3 Å². The molecule has 0 saturated heterocycles. The summed E-state index contributed by atoms with van der Waals surface area (Å²) >= 11 is 0. The third kappa shape index (κ3) is 3.77. The zero-order chi connectivity index (χ0) is 13.7. The summed E-state index contributed by atoms with van der Waals surface area (Å²) in [6.07, 6.45) is 2.27. The Kier molecular flexibility index (Phi) is 4.07. The molecule has 0 aliphatic rings. The lowest BCUT2D eigenvalue weighted by Gasteiger charge is -2.05. The largest absolute Gasteiger partial charge is 0.477 e. The number of aromatic nitrogens is 2. The van der Waals surface area contributed by atoms with E-state index in [0.717, 1.165) is 6.42 Å². The van der Waals surface area contributed by atoms with Crippen LogP contribution in [0.2, 0.25) is 0 Å². The first-order valence-electron chi connectivity index (χ1n) is 6.01. The number of rotatable bonds is 5. The van der Waals surface area contributed by atoms with E-state index in [4.69, 9.17) is 5.11 Å². The maximum atomic E-state index is 10.8. The summed E-state index contributed by atoms with van der Waals surface area (Å²) < 4.78 is 0. The summed E-state index contributed by atoms with van der Waals surface area (Å²) in [6.45, 7) is 2.71. The second-order valence-electron chi connectivity index (χ2n) is 4.24. The zero-order valence-electron chi connectivity index (χ0n) is 10.6. The fraction of sp³-hybridized carbons (Fsp3) is 0.214. The molecule has 2 aromatic rings. The summed E-state index contributed by atoms with van der Waals surface area (Å²) in [5.74, 6) is -0.711. The lowest BCUT2D eigenvalue weighted by Crippen LogP contribution is -2.10. The van der Waals surface area contributed by atoms with Gasteiger partial charge in [0.25, 0.3) is 0 Å². The van der Waals surface area contributed by atoms with Gasteiger partial charge in [0, 0.05) is 12.7 Å². The molecule has 5 heteroatoms. The van der Waals surface area contributed by atoms with Crippen LogP contribution in [0.15, 0.2) is 36.5 Å². The Morgan fingerprint density at radius 2 is 2.21 bits per heavy atom. The van der Waals surface area contributed by atoms with Gasteiger partial charge in [0.15, 0.2) is 5.69 Å². The second kappa shape index (κ2) is 5.95. The molecule has 0 spiro atoms. The lowest BCUT2D eigenvalue weighted by molar-refractivity contribution is 0.0690. The van der Waals surface area contributed by atoms with Gasteiger partial charge in [-0.15, -0.1) is 0 Å². The molecule has 19 heavy (non-hydrogen) atoms. The number of aryl methyl sites for hydroxylation is 1. The van der Waals surface area contributed by atoms with Gasteiger partial charge in [-0.1, -0.05) is 29.8 Å². The van der Waals surface area contributed by atoms with Crippen molar-refractivity contribution in [2.24, 2.45) is 0 Å². The van der Waals surface area contributed by atoms with Gasteiger partial charge < -0.3 is 10.4 Å². The summed E-state index contributed by atoms with van der Waals surface area (Å²) in [5.41, 5.74) is 2.44. The summed E-state index contributed by atoms with van der Waals surface area (Å²) in [6, 6.07) is 9.62. The molecule has 1 aromatic carbocycles. The highest BCUT2D eigenvalue weighted by Gasteiger charge is 2.05. The molecule has 0 radical (unpaired) electrons. The zero-order valence-corrected chi connectivity index (χ0v) is 10.6. The molecule has 0 fully saturated rings. The minimum atomic E-state index is -1.05. The van der Waals surface area contributed by atoms with E-state index in [0.29, 0.717) is 12.5 Å². The van der Waals surface area contributed by atoms with E-state index in [-0.39, 0.29) is 5.69 Å². The third-order valence-corrected chi connectivity index (χ3v) is 2.65. The van der Waals surface area contributed by atoms with E-state index in [9.17, 15) is 4.79 Å². The smallest absolute Gasteiger partial charge is 0.354 e. The van der Waals surface area contributed by atoms with Crippen LogP contribution in [-0.2, 0) is 6.42 Å². The van der Waals surface area contributed by atoms with E-state index >= 15 is 0 Å². The van der Waals surface area contributed by atoms with Gasteiger partial charge in [-0.05, 0) is 25.0 Å². The molecule has 0 bridgehead atoms. The van der Waals surface area contributed by atoms with E-state index < -0.39 is 5.97 Å². The van der Waals surface area contributed by atoms with Crippen LogP contribution in [0.1, 0.15) is 21.6 Å². The molecule has 0 aliphatic heterocycles. The highest BCUT2D eigenvalue weighted by molar-refractivity contribution is 5.85. The standard InChI is InChI=1S/C14H15N3O2/c1-10-3-2-4-11(9-10)5-7-15-14-16-8-6-12(17-14)13(18)19/h2-4,6,8-9H,5,7H2,1H3,(H,18,19)(H,15,16,17). The molecular weight excluding hydrogens is 242 g/mol. The van der Waals surface area contributed by atoms with Gasteiger partial charge >= 0.3 is 5.97 Å². The monoisotopic (exact) mass is 257 g/mol. The SMILES string of the molecule is Cc1cccc(CCNc2nccc(C(=O)O)n2)c1. The van der Waals surface area contributed by atoms with Gasteiger partial charge in [-0.3, -0.25) is 0 Å². The first kappa shape index (κ1) is 13.0. The van der Waals surface area contributed by atoms with Crippen molar-refractivity contribution in [2.45, 2.75) is 13.3 Å². The lowest BCUT2D eigenvalue weighted by atomic mass is 10.1. The summed E-state index contributed by atoms with van der Waals surface area (Å²) in [5, 5.41) is 11.8. The highest BCUT2D eigenvalue weighted by Crippen LogP contribution is 2.05. The van der Waals surface area contributed by atoms with Gasteiger partial charge in [0.05, 0.1) is 0 Å². The maximum Gasteiger partial charge on any atom is 0.354 e. The number of nitrogens with one attached hydrogen (secondary N) is 1. The molecular formula is C14H15N3O2. The average Bonchev–Trinajstić information content (AvgIpc) is 2.39. The molecule has 2 rings (SSSR count). The molecule has 0 atom stereocenters. The Bertz CT molecular complexity index is 584. The van der Waals surface area contributed by atoms with Crippen LogP contribution in [0, 0.1) is 6.92 Å². The Labute approximate surface area is 111 Å². The molecule has 1 aromatic heterocycles. The molecule has 1 heterocycles. The Hall–Kier alpha value is -2.43. The summed E-state index contributed by atoms with van der Waals surface area (Å²) in [4.78, 5) is 18.7. The van der Waals surface area contributed by atoms with E-state index in [1.807, 2.05) is 6.07 Å². The van der Waals surface area contributed by atoms with E-state index in [1.165, 1.54) is 23.4 Å². The number of aromatic carboxylic acids is 1. The van der Waals surface area contributed by atoms with Crippen molar-refractivity contribution in [1.29, 1.82) is 0 Å². The third-order valence-electron chi connectivity index (χ3n) is 2.65. The predicted molar refractivity (Wildman–Crippen MR) is 72.4 cm³/mol. The van der Waals surface area contributed by atoms with Crippen LogP contribution < -0.4 is 5.32 Å². The van der Waals surface area contributed by atoms with E-state index in [1.54, 1.807) is 0 Å². The first-order valence-corrected chi connectivity index (χ1v) is 6.01. The summed E-state index contributed by atoms with van der Waals surface area (Å²) in [7, 11) is 0. The Morgan fingerprint density at radius 3 is 2.95 bits per heavy atom. The number of carbonyl (C=O) groups is 1. The van der Waals surface area contributed by atoms with Crippen molar-refractivity contribution in [2.75, 3.05) is 11.9 Å². The van der Waals surface area contributed by atoms with Crippen molar-refractivity contribution in [3.8, 4) is 0 Å². The quantitative estimate of drug-likeness (QED) is 0.858. The van der Waals surface area contributed by atoms with Gasteiger partial charge in [-0.2, -0.15) is 0 Å². The van der Waals surface area contributed by atoms with Crippen LogP contribution in [0.4, 0.5) is 5.95 Å². The fourth-order valence-electron chi connectivity index (χ4n) is 1.75. The van der Waals surface area contributed by atoms with Crippen LogP contribution in [0.25, 0.3) is 0 Å². The number of benzene rings is 1. The van der Waals surface area contributed by atoms with E-state index in [2.05, 4.69) is 40.4 Å². The minimum absolute atomic E-state index is 0.00643. The fourth-order valence-corrected chi connectivity index (χ4v) is 1.75. The van der Waals surface area contributed by atoms with Crippen molar-refractivity contribution in [3.63, 3.8) is 0 Å². The normalized spacial score (nSPS) is 10.2. The van der Waals surface area contributed by atoms with Crippen molar-refractivity contribution in [1.82, 2.24) is 9.97 Å². The van der Waals surface area contributed by atoms with Crippen LogP contribution in [-0.4, -0.2) is 27.6 Å².